The summed E-state index contributed by atoms with van der Waals surface area (Å²) < 4.78 is 0. The number of thiazole rings is 1. The van der Waals surface area contributed by atoms with Gasteiger partial charge in [-0.3, -0.25) is 9.69 Å². The number of rotatable bonds is 3. The number of hydrogen-bond donors (Lipinski definition) is 0. The lowest BCUT2D eigenvalue weighted by Crippen LogP contribution is -2.49. The summed E-state index contributed by atoms with van der Waals surface area (Å²) in [4.78, 5) is 20.6. The van der Waals surface area contributed by atoms with Crippen molar-refractivity contribution in [3.05, 3.63) is 52.5 Å². The number of aromatic nitrogens is 1. The average Bonchev–Trinajstić information content (AvgIpc) is 3.01. The molecule has 2 heterocycles. The van der Waals surface area contributed by atoms with Gasteiger partial charge in [-0.1, -0.05) is 30.3 Å². The van der Waals surface area contributed by atoms with Gasteiger partial charge < -0.3 is 4.90 Å². The van der Waals surface area contributed by atoms with Crippen molar-refractivity contribution in [2.24, 2.45) is 0 Å². The highest BCUT2D eigenvalue weighted by atomic mass is 32.1. The molecule has 21 heavy (non-hydrogen) atoms. The zero-order valence-electron chi connectivity index (χ0n) is 12.1. The molecule has 0 N–H and O–H groups in total. The Morgan fingerprint density at radius 1 is 1.33 bits per heavy atom. The number of nitrogens with zero attached hydrogens (tertiary/aromatic N) is 3. The molecular formula is C16H19N3OS. The summed E-state index contributed by atoms with van der Waals surface area (Å²) in [7, 11) is 0. The molecule has 5 heteroatoms. The average molecular weight is 301 g/mol. The van der Waals surface area contributed by atoms with Crippen molar-refractivity contribution in [3.63, 3.8) is 0 Å². The van der Waals surface area contributed by atoms with Gasteiger partial charge >= 0.3 is 0 Å². The van der Waals surface area contributed by atoms with E-state index in [0.717, 1.165) is 31.9 Å². The number of piperazine rings is 1. The first-order valence-electron chi connectivity index (χ1n) is 7.15. The molecule has 1 saturated heterocycles. The summed E-state index contributed by atoms with van der Waals surface area (Å²) in [5.41, 5.74) is 4.19. The molecule has 1 amide bonds. The topological polar surface area (TPSA) is 36.4 Å². The predicted octanol–water partition coefficient (Wildman–Crippen LogP) is 2.55. The third-order valence-corrected chi connectivity index (χ3v) is 4.56. The molecule has 1 aromatic carbocycles. The van der Waals surface area contributed by atoms with Crippen LogP contribution >= 0.6 is 11.3 Å². The molecule has 1 atom stereocenters. The third-order valence-electron chi connectivity index (χ3n) is 3.92. The second-order valence-corrected chi connectivity index (χ2v) is 6.07. The van der Waals surface area contributed by atoms with E-state index in [1.165, 1.54) is 5.56 Å². The normalized spacial score (nSPS) is 19.7. The van der Waals surface area contributed by atoms with E-state index in [-0.39, 0.29) is 11.9 Å². The molecule has 1 aromatic heterocycles. The molecule has 3 rings (SSSR count). The second-order valence-electron chi connectivity index (χ2n) is 5.35. The minimum atomic E-state index is 0.135. The van der Waals surface area contributed by atoms with E-state index in [9.17, 15) is 4.79 Å². The summed E-state index contributed by atoms with van der Waals surface area (Å²) >= 11 is 1.63. The highest BCUT2D eigenvalue weighted by molar-refractivity contribution is 7.07. The number of hydrogen-bond acceptors (Lipinski definition) is 4. The first kappa shape index (κ1) is 14.2. The van der Waals surface area contributed by atoms with E-state index in [1.807, 2.05) is 28.6 Å². The maximum absolute atomic E-state index is 11.9. The molecule has 0 saturated carbocycles. The fourth-order valence-electron chi connectivity index (χ4n) is 2.87. The van der Waals surface area contributed by atoms with Gasteiger partial charge in [-0.25, -0.2) is 4.98 Å². The Balaban J connectivity index is 1.77. The molecule has 1 aliphatic heterocycles. The van der Waals surface area contributed by atoms with E-state index in [0.29, 0.717) is 0 Å². The van der Waals surface area contributed by atoms with Crippen LogP contribution in [0.2, 0.25) is 0 Å². The molecule has 1 aliphatic rings. The smallest absolute Gasteiger partial charge is 0.220 e. The summed E-state index contributed by atoms with van der Waals surface area (Å²) in [6.45, 7) is 5.06. The molecule has 0 aliphatic carbocycles. The van der Waals surface area contributed by atoms with Gasteiger partial charge in [-0.05, 0) is 5.56 Å². The Morgan fingerprint density at radius 3 is 2.81 bits per heavy atom. The summed E-state index contributed by atoms with van der Waals surface area (Å²) in [5, 5.41) is 2.09. The quantitative estimate of drug-likeness (QED) is 0.874. The zero-order valence-corrected chi connectivity index (χ0v) is 12.9. The van der Waals surface area contributed by atoms with Gasteiger partial charge in [0.1, 0.15) is 0 Å². The van der Waals surface area contributed by atoms with E-state index >= 15 is 0 Å². The first-order chi connectivity index (χ1) is 10.2. The molecule has 0 bridgehead atoms. The van der Waals surface area contributed by atoms with Crippen molar-refractivity contribution in [2.75, 3.05) is 19.6 Å². The standard InChI is InChI=1S/C16H19N3OS/c1-13(20)19-8-7-18(9-15-11-21-12-17-15)10-16(19)14-5-3-2-4-6-14/h2-6,11-12,16H,7-10H2,1H3. The highest BCUT2D eigenvalue weighted by Gasteiger charge is 2.29. The van der Waals surface area contributed by atoms with Crippen molar-refractivity contribution in [2.45, 2.75) is 19.5 Å². The van der Waals surface area contributed by atoms with Crippen LogP contribution in [0.15, 0.2) is 41.2 Å². The molecule has 4 nitrogen and oxygen atoms in total. The molecule has 1 unspecified atom stereocenters. The van der Waals surface area contributed by atoms with Gasteiger partial charge in [0.25, 0.3) is 0 Å². The Morgan fingerprint density at radius 2 is 2.14 bits per heavy atom. The van der Waals surface area contributed by atoms with Crippen LogP contribution < -0.4 is 0 Å². The van der Waals surface area contributed by atoms with E-state index in [1.54, 1.807) is 18.3 Å². The SMILES string of the molecule is CC(=O)N1CCN(Cc2cscn2)CC1c1ccccc1. The van der Waals surface area contributed by atoms with Crippen LogP contribution in [0.5, 0.6) is 0 Å². The van der Waals surface area contributed by atoms with E-state index in [4.69, 9.17) is 0 Å². The Kier molecular flexibility index (Phi) is 4.31. The van der Waals surface area contributed by atoms with Crippen LogP contribution in [0.3, 0.4) is 0 Å². The lowest BCUT2D eigenvalue weighted by molar-refractivity contribution is -0.134. The zero-order chi connectivity index (χ0) is 14.7. The number of amides is 1. The molecule has 0 radical (unpaired) electrons. The van der Waals surface area contributed by atoms with Gasteiger partial charge in [-0.15, -0.1) is 11.3 Å². The predicted molar refractivity (Wildman–Crippen MR) is 84.0 cm³/mol. The molecular weight excluding hydrogens is 282 g/mol. The lowest BCUT2D eigenvalue weighted by Gasteiger charge is -2.41. The van der Waals surface area contributed by atoms with Gasteiger partial charge in [0.05, 0.1) is 17.2 Å². The molecule has 2 aromatic rings. The molecule has 110 valence electrons. The summed E-state index contributed by atoms with van der Waals surface area (Å²) in [5.74, 6) is 0.150. The Labute approximate surface area is 129 Å². The van der Waals surface area contributed by atoms with Gasteiger partial charge in [0.2, 0.25) is 5.91 Å². The molecule has 0 spiro atoms. The number of carbonyl (C=O) groups is 1. The minimum absolute atomic E-state index is 0.135. The largest absolute Gasteiger partial charge is 0.333 e. The van der Waals surface area contributed by atoms with Crippen LogP contribution in [0.25, 0.3) is 0 Å². The van der Waals surface area contributed by atoms with E-state index in [2.05, 4.69) is 27.4 Å². The second kappa shape index (κ2) is 6.37. The Bertz CT molecular complexity index is 585. The van der Waals surface area contributed by atoms with Crippen LogP contribution in [0.4, 0.5) is 0 Å². The fraction of sp³-hybridized carbons (Fsp3) is 0.375. The fourth-order valence-corrected chi connectivity index (χ4v) is 3.41. The monoisotopic (exact) mass is 301 g/mol. The molecule has 1 fully saturated rings. The first-order valence-corrected chi connectivity index (χ1v) is 8.10. The minimum Gasteiger partial charge on any atom is -0.333 e. The third kappa shape index (κ3) is 3.31. The van der Waals surface area contributed by atoms with Crippen LogP contribution in [-0.4, -0.2) is 40.3 Å². The van der Waals surface area contributed by atoms with Gasteiger partial charge in [-0.2, -0.15) is 0 Å². The van der Waals surface area contributed by atoms with Crippen LogP contribution in [-0.2, 0) is 11.3 Å². The van der Waals surface area contributed by atoms with Crippen molar-refractivity contribution in [1.82, 2.24) is 14.8 Å². The number of carbonyl (C=O) groups excluding carboxylic acids is 1. The lowest BCUT2D eigenvalue weighted by atomic mass is 10.0. The van der Waals surface area contributed by atoms with Gasteiger partial charge in [0.15, 0.2) is 0 Å². The van der Waals surface area contributed by atoms with Crippen molar-refractivity contribution < 1.29 is 4.79 Å². The van der Waals surface area contributed by atoms with Crippen LogP contribution in [0.1, 0.15) is 24.2 Å². The van der Waals surface area contributed by atoms with Crippen LogP contribution in [0, 0.1) is 0 Å². The Hall–Kier alpha value is -1.72. The van der Waals surface area contributed by atoms with Crippen molar-refractivity contribution in [3.8, 4) is 0 Å². The summed E-state index contributed by atoms with van der Waals surface area (Å²) in [6, 6.07) is 10.4. The van der Waals surface area contributed by atoms with Crippen molar-refractivity contribution >= 4 is 17.2 Å². The van der Waals surface area contributed by atoms with E-state index < -0.39 is 0 Å². The van der Waals surface area contributed by atoms with Crippen molar-refractivity contribution in [1.29, 1.82) is 0 Å². The highest BCUT2D eigenvalue weighted by Crippen LogP contribution is 2.26. The summed E-state index contributed by atoms with van der Waals surface area (Å²) in [6.07, 6.45) is 0. The maximum Gasteiger partial charge on any atom is 0.220 e. The van der Waals surface area contributed by atoms with Gasteiger partial charge in [0, 0.05) is 38.5 Å². The maximum atomic E-state index is 11.9. The number of benzene rings is 1.